The van der Waals surface area contributed by atoms with Crippen molar-refractivity contribution in [3.8, 4) is 0 Å². The molecule has 0 radical (unpaired) electrons. The fourth-order valence-electron chi connectivity index (χ4n) is 2.75. The van der Waals surface area contributed by atoms with Crippen LogP contribution in [0.25, 0.3) is 0 Å². The van der Waals surface area contributed by atoms with Crippen molar-refractivity contribution in [2.75, 3.05) is 13.6 Å². The zero-order valence-corrected chi connectivity index (χ0v) is 13.0. The molecule has 1 aliphatic heterocycles. The van der Waals surface area contributed by atoms with Gasteiger partial charge in [-0.3, -0.25) is 19.6 Å². The van der Waals surface area contributed by atoms with E-state index in [0.717, 1.165) is 6.42 Å². The number of halogens is 1. The van der Waals surface area contributed by atoms with Crippen LogP contribution in [0.15, 0.2) is 0 Å². The standard InChI is InChI=1S/C14H24FN3O4/c1-3-4-6-9(11(15)13(20)17-22)14(21)18-8-5-7-10(18)12(19)16-2/h9-11,22H,3-8H2,1-2H3,(H,16,19)(H,17,20). The molecular formula is C14H24FN3O4. The summed E-state index contributed by atoms with van der Waals surface area (Å²) in [6.07, 6.45) is 0.572. The quantitative estimate of drug-likeness (QED) is 0.467. The first-order valence-electron chi connectivity index (χ1n) is 7.58. The summed E-state index contributed by atoms with van der Waals surface area (Å²) in [6.45, 7) is 2.26. The zero-order valence-electron chi connectivity index (χ0n) is 13.0. The van der Waals surface area contributed by atoms with Crippen molar-refractivity contribution in [3.05, 3.63) is 0 Å². The number of alkyl halides is 1. The minimum Gasteiger partial charge on any atom is -0.357 e. The molecule has 1 rings (SSSR count). The maximum Gasteiger partial charge on any atom is 0.278 e. The van der Waals surface area contributed by atoms with E-state index in [1.807, 2.05) is 6.92 Å². The Morgan fingerprint density at radius 2 is 2.09 bits per heavy atom. The molecule has 0 saturated carbocycles. The summed E-state index contributed by atoms with van der Waals surface area (Å²) in [4.78, 5) is 37.1. The number of hydrogen-bond acceptors (Lipinski definition) is 4. The second kappa shape index (κ2) is 8.67. The predicted octanol–water partition coefficient (Wildman–Crippen LogP) is 0.373. The lowest BCUT2D eigenvalue weighted by atomic mass is 9.94. The van der Waals surface area contributed by atoms with Crippen molar-refractivity contribution in [1.82, 2.24) is 15.7 Å². The normalized spacial score (nSPS) is 20.4. The molecule has 7 nitrogen and oxygen atoms in total. The van der Waals surface area contributed by atoms with Gasteiger partial charge in [0, 0.05) is 13.6 Å². The zero-order chi connectivity index (χ0) is 16.7. The van der Waals surface area contributed by atoms with Crippen LogP contribution in [0.4, 0.5) is 4.39 Å². The van der Waals surface area contributed by atoms with Gasteiger partial charge in [0.1, 0.15) is 6.04 Å². The number of nitrogens with one attached hydrogen (secondary N) is 2. The first kappa shape index (κ1) is 18.3. The van der Waals surface area contributed by atoms with Gasteiger partial charge >= 0.3 is 0 Å². The molecular weight excluding hydrogens is 293 g/mol. The van der Waals surface area contributed by atoms with E-state index in [9.17, 15) is 18.8 Å². The minimum absolute atomic E-state index is 0.195. The summed E-state index contributed by atoms with van der Waals surface area (Å²) in [5.41, 5.74) is 1.25. The highest BCUT2D eigenvalue weighted by Crippen LogP contribution is 2.25. The molecule has 1 fully saturated rings. The Morgan fingerprint density at radius 3 is 2.64 bits per heavy atom. The summed E-state index contributed by atoms with van der Waals surface area (Å²) in [5, 5.41) is 11.1. The average molecular weight is 317 g/mol. The average Bonchev–Trinajstić information content (AvgIpc) is 3.02. The number of nitrogens with zero attached hydrogens (tertiary/aromatic N) is 1. The summed E-state index contributed by atoms with van der Waals surface area (Å²) in [6, 6.07) is -0.619. The monoisotopic (exact) mass is 317 g/mol. The van der Waals surface area contributed by atoms with Gasteiger partial charge < -0.3 is 10.2 Å². The second-order valence-corrected chi connectivity index (χ2v) is 5.43. The Bertz CT molecular complexity index is 419. The summed E-state index contributed by atoms with van der Waals surface area (Å²) < 4.78 is 14.2. The molecule has 3 amide bonds. The molecule has 8 heteroatoms. The van der Waals surface area contributed by atoms with Gasteiger partial charge in [-0.05, 0) is 19.3 Å². The number of hydroxylamine groups is 1. The highest BCUT2D eigenvalue weighted by Gasteiger charge is 2.41. The Kier molecular flexibility index (Phi) is 7.23. The Morgan fingerprint density at radius 1 is 1.41 bits per heavy atom. The maximum absolute atomic E-state index is 14.2. The lowest BCUT2D eigenvalue weighted by Gasteiger charge is -2.29. The van der Waals surface area contributed by atoms with E-state index in [2.05, 4.69) is 5.32 Å². The van der Waals surface area contributed by atoms with E-state index < -0.39 is 29.9 Å². The molecule has 0 aromatic heterocycles. The van der Waals surface area contributed by atoms with Gasteiger partial charge in [0.25, 0.3) is 5.91 Å². The Labute approximate surface area is 129 Å². The first-order chi connectivity index (χ1) is 10.5. The third kappa shape index (κ3) is 4.16. The van der Waals surface area contributed by atoms with Crippen molar-refractivity contribution in [3.63, 3.8) is 0 Å². The first-order valence-corrected chi connectivity index (χ1v) is 7.58. The molecule has 1 saturated heterocycles. The van der Waals surface area contributed by atoms with Crippen LogP contribution in [-0.4, -0.2) is 53.6 Å². The largest absolute Gasteiger partial charge is 0.357 e. The molecule has 1 heterocycles. The van der Waals surface area contributed by atoms with Crippen LogP contribution in [0.5, 0.6) is 0 Å². The van der Waals surface area contributed by atoms with Crippen molar-refractivity contribution < 1.29 is 24.0 Å². The van der Waals surface area contributed by atoms with Crippen molar-refractivity contribution >= 4 is 17.7 Å². The van der Waals surface area contributed by atoms with Crippen LogP contribution >= 0.6 is 0 Å². The number of amides is 3. The summed E-state index contributed by atoms with van der Waals surface area (Å²) in [5.74, 6) is -3.25. The van der Waals surface area contributed by atoms with Crippen LogP contribution in [-0.2, 0) is 14.4 Å². The van der Waals surface area contributed by atoms with Gasteiger partial charge in [-0.25, -0.2) is 9.87 Å². The van der Waals surface area contributed by atoms with Crippen LogP contribution in [0, 0.1) is 5.92 Å². The Hall–Kier alpha value is -1.70. The van der Waals surface area contributed by atoms with E-state index >= 15 is 0 Å². The van der Waals surface area contributed by atoms with E-state index in [0.29, 0.717) is 25.8 Å². The van der Waals surface area contributed by atoms with Crippen LogP contribution < -0.4 is 10.8 Å². The summed E-state index contributed by atoms with van der Waals surface area (Å²) >= 11 is 0. The van der Waals surface area contributed by atoms with Gasteiger partial charge in [-0.1, -0.05) is 19.8 Å². The van der Waals surface area contributed by atoms with Gasteiger partial charge in [0.05, 0.1) is 5.92 Å². The minimum atomic E-state index is -2.13. The summed E-state index contributed by atoms with van der Waals surface area (Å²) in [7, 11) is 1.48. The number of carbonyl (C=O) groups is 3. The SMILES string of the molecule is CCCCC(C(=O)N1CCCC1C(=O)NC)C(F)C(=O)NO. The van der Waals surface area contributed by atoms with Crippen LogP contribution in [0.1, 0.15) is 39.0 Å². The number of likely N-dealkylation sites (N-methyl/N-ethyl adjacent to an activating group) is 1. The fraction of sp³-hybridized carbons (Fsp3) is 0.786. The molecule has 3 N–H and O–H groups in total. The molecule has 3 atom stereocenters. The molecule has 3 unspecified atom stereocenters. The molecule has 0 aliphatic carbocycles. The van der Waals surface area contributed by atoms with E-state index in [1.165, 1.54) is 17.4 Å². The number of unbranched alkanes of at least 4 members (excludes halogenated alkanes) is 1. The lowest BCUT2D eigenvalue weighted by molar-refractivity contribution is -0.148. The van der Waals surface area contributed by atoms with Crippen LogP contribution in [0.3, 0.4) is 0 Å². The highest BCUT2D eigenvalue weighted by molar-refractivity contribution is 5.92. The highest BCUT2D eigenvalue weighted by atomic mass is 19.1. The molecule has 0 aromatic rings. The molecule has 0 spiro atoms. The second-order valence-electron chi connectivity index (χ2n) is 5.43. The van der Waals surface area contributed by atoms with Gasteiger partial charge in [-0.2, -0.15) is 0 Å². The van der Waals surface area contributed by atoms with E-state index in [1.54, 1.807) is 0 Å². The smallest absolute Gasteiger partial charge is 0.278 e. The fourth-order valence-corrected chi connectivity index (χ4v) is 2.75. The van der Waals surface area contributed by atoms with Crippen molar-refractivity contribution in [2.45, 2.75) is 51.2 Å². The predicted molar refractivity (Wildman–Crippen MR) is 76.6 cm³/mol. The number of rotatable bonds is 7. The Balaban J connectivity index is 2.90. The maximum atomic E-state index is 14.2. The molecule has 126 valence electrons. The third-order valence-corrected chi connectivity index (χ3v) is 3.98. The van der Waals surface area contributed by atoms with E-state index in [4.69, 9.17) is 5.21 Å². The lowest BCUT2D eigenvalue weighted by Crippen LogP contribution is -2.50. The molecule has 0 aromatic carbocycles. The molecule has 1 aliphatic rings. The van der Waals surface area contributed by atoms with Gasteiger partial charge in [0.2, 0.25) is 11.8 Å². The van der Waals surface area contributed by atoms with Crippen molar-refractivity contribution in [2.24, 2.45) is 5.92 Å². The van der Waals surface area contributed by atoms with Crippen molar-refractivity contribution in [1.29, 1.82) is 0 Å². The third-order valence-electron chi connectivity index (χ3n) is 3.98. The van der Waals surface area contributed by atoms with Gasteiger partial charge in [0.15, 0.2) is 6.17 Å². The molecule has 22 heavy (non-hydrogen) atoms. The topological polar surface area (TPSA) is 98.7 Å². The van der Waals surface area contributed by atoms with E-state index in [-0.39, 0.29) is 12.3 Å². The number of carbonyl (C=O) groups excluding carboxylic acids is 3. The van der Waals surface area contributed by atoms with Gasteiger partial charge in [-0.15, -0.1) is 0 Å². The van der Waals surface area contributed by atoms with Crippen LogP contribution in [0.2, 0.25) is 0 Å². The number of likely N-dealkylation sites (tertiary alicyclic amines) is 1. The molecule has 0 bridgehead atoms. The number of hydrogen-bond donors (Lipinski definition) is 3.